The molecule has 0 spiro atoms. The predicted molar refractivity (Wildman–Crippen MR) is 87.0 cm³/mol. The minimum Gasteiger partial charge on any atom is -0.480 e. The highest BCUT2D eigenvalue weighted by molar-refractivity contribution is 5.86. The molecule has 0 aliphatic heterocycles. The zero-order chi connectivity index (χ0) is 12.2. The maximum absolute atomic E-state index is 10.4. The monoisotopic (exact) mass is 339 g/mol. The lowest BCUT2D eigenvalue weighted by atomic mass is 10.1. The van der Waals surface area contributed by atoms with Gasteiger partial charge in [0.25, 0.3) is 0 Å². The Hall–Kier alpha value is 0.220. The third kappa shape index (κ3) is 20.7. The Bertz CT molecular complexity index is 189. The lowest BCUT2D eigenvalue weighted by Crippen LogP contribution is -2.31. The van der Waals surface area contributed by atoms with E-state index in [9.17, 15) is 4.79 Å². The smallest absolute Gasteiger partial charge is 0.320 e. The van der Waals surface area contributed by atoms with Gasteiger partial charge in [-0.25, -0.2) is 0 Å². The van der Waals surface area contributed by atoms with Gasteiger partial charge in [-0.05, 0) is 45.3 Å². The van der Waals surface area contributed by atoms with E-state index in [1.165, 1.54) is 12.8 Å². The molecule has 19 heavy (non-hydrogen) atoms. The molecule has 0 aromatic rings. The van der Waals surface area contributed by atoms with Crippen molar-refractivity contribution in [1.82, 2.24) is 5.32 Å². The summed E-state index contributed by atoms with van der Waals surface area (Å²) in [6, 6.07) is -0.716. The van der Waals surface area contributed by atoms with Crippen molar-refractivity contribution >= 4 is 43.2 Å². The van der Waals surface area contributed by atoms with Crippen LogP contribution in [0.2, 0.25) is 0 Å². The topological polar surface area (TPSA) is 101 Å². The number of carboxylic acids is 1. The Kier molecular flexibility index (Phi) is 29.8. The van der Waals surface area contributed by atoms with Crippen molar-refractivity contribution < 1.29 is 9.90 Å². The summed E-state index contributed by atoms with van der Waals surface area (Å²) >= 11 is 0. The second kappa shape index (κ2) is 20.5. The fourth-order valence-corrected chi connectivity index (χ4v) is 1.44. The Morgan fingerprint density at radius 2 is 1.53 bits per heavy atom. The van der Waals surface area contributed by atoms with Crippen LogP contribution in [-0.4, -0.2) is 36.8 Å². The molecule has 0 bridgehead atoms. The first-order chi connectivity index (χ1) is 7.68. The number of unbranched alkanes of at least 4 members (excludes halogenated alkanes) is 3. The molecule has 0 radical (unpaired) electrons. The first kappa shape index (κ1) is 27.5. The number of nitrogens with one attached hydrogen (secondary N) is 1. The summed E-state index contributed by atoms with van der Waals surface area (Å²) in [5.74, 6) is -0.915. The molecule has 0 saturated heterocycles. The molecule has 0 rings (SSSR count). The minimum atomic E-state index is -0.915. The van der Waals surface area contributed by atoms with Crippen LogP contribution in [0.1, 0.15) is 38.5 Å². The lowest BCUT2D eigenvalue weighted by Gasteiger charge is -2.07. The van der Waals surface area contributed by atoms with E-state index in [0.717, 1.165) is 38.9 Å². The minimum absolute atomic E-state index is 0. The van der Waals surface area contributed by atoms with E-state index >= 15 is 0 Å². The van der Waals surface area contributed by atoms with E-state index in [4.69, 9.17) is 16.6 Å². The number of carboxylic acid groups (broad SMARTS) is 1. The maximum Gasteiger partial charge on any atom is 0.320 e. The maximum atomic E-state index is 10.4. The van der Waals surface area contributed by atoms with Crippen molar-refractivity contribution in [1.29, 1.82) is 0 Å². The Balaban J connectivity index is -0.000000375. The van der Waals surface area contributed by atoms with E-state index in [0.29, 0.717) is 6.42 Å². The lowest BCUT2D eigenvalue weighted by molar-refractivity contribution is -0.138. The van der Waals surface area contributed by atoms with Crippen LogP contribution in [-0.2, 0) is 4.79 Å². The average molecular weight is 341 g/mol. The van der Waals surface area contributed by atoms with Gasteiger partial charge < -0.3 is 21.9 Å². The van der Waals surface area contributed by atoms with E-state index in [1.54, 1.807) is 0 Å². The number of rotatable bonds is 11. The summed E-state index contributed by atoms with van der Waals surface area (Å²) < 4.78 is 0. The molecule has 0 unspecified atom stereocenters. The van der Waals surface area contributed by atoms with Gasteiger partial charge >= 0.3 is 5.97 Å². The molecule has 6 N–H and O–H groups in total. The molecule has 8 heteroatoms. The zero-order valence-corrected chi connectivity index (χ0v) is 13.6. The van der Waals surface area contributed by atoms with Gasteiger partial charge in [0.2, 0.25) is 0 Å². The van der Waals surface area contributed by atoms with Crippen LogP contribution in [0.3, 0.4) is 0 Å². The van der Waals surface area contributed by atoms with Crippen molar-refractivity contribution in [2.75, 3.05) is 19.6 Å². The number of halogens is 3. The normalized spacial score (nSPS) is 10.6. The summed E-state index contributed by atoms with van der Waals surface area (Å²) in [4.78, 5) is 10.4. The van der Waals surface area contributed by atoms with E-state index in [2.05, 4.69) is 5.32 Å². The van der Waals surface area contributed by atoms with Crippen molar-refractivity contribution in [2.45, 2.75) is 44.6 Å². The van der Waals surface area contributed by atoms with Gasteiger partial charge in [-0.15, -0.1) is 37.2 Å². The molecule has 120 valence electrons. The van der Waals surface area contributed by atoms with Crippen LogP contribution in [0.25, 0.3) is 0 Å². The first-order valence-electron chi connectivity index (χ1n) is 6.07. The van der Waals surface area contributed by atoms with Crippen LogP contribution >= 0.6 is 37.2 Å². The predicted octanol–water partition coefficient (Wildman–Crippen LogP) is 1.55. The Labute approximate surface area is 134 Å². The van der Waals surface area contributed by atoms with Gasteiger partial charge in [-0.1, -0.05) is 12.8 Å². The van der Waals surface area contributed by atoms with Gasteiger partial charge in [-0.2, -0.15) is 0 Å². The molecule has 0 aromatic heterocycles. The third-order valence-electron chi connectivity index (χ3n) is 2.49. The van der Waals surface area contributed by atoms with Crippen LogP contribution < -0.4 is 16.8 Å². The Morgan fingerprint density at radius 1 is 1.00 bits per heavy atom. The largest absolute Gasteiger partial charge is 0.480 e. The molecule has 0 aliphatic rings. The average Bonchev–Trinajstić information content (AvgIpc) is 2.26. The molecule has 0 aromatic carbocycles. The molecule has 0 fully saturated rings. The van der Waals surface area contributed by atoms with Gasteiger partial charge in [0.15, 0.2) is 0 Å². The van der Waals surface area contributed by atoms with Crippen LogP contribution in [0.5, 0.6) is 0 Å². The van der Waals surface area contributed by atoms with Gasteiger partial charge in [0.05, 0.1) is 0 Å². The van der Waals surface area contributed by atoms with Gasteiger partial charge in [0.1, 0.15) is 6.04 Å². The quantitative estimate of drug-likeness (QED) is 0.427. The second-order valence-corrected chi connectivity index (χ2v) is 4.04. The molecule has 0 heterocycles. The summed E-state index contributed by atoms with van der Waals surface area (Å²) in [6.45, 7) is 2.62. The van der Waals surface area contributed by atoms with E-state index < -0.39 is 12.0 Å². The number of carbonyl (C=O) groups is 1. The number of aliphatic carboxylic acids is 1. The van der Waals surface area contributed by atoms with E-state index in [1.807, 2.05) is 0 Å². The molecule has 0 amide bonds. The molecule has 0 aliphatic carbocycles. The first-order valence-corrected chi connectivity index (χ1v) is 6.07. The molecular weight excluding hydrogens is 312 g/mol. The number of hydrogen-bond acceptors (Lipinski definition) is 4. The second-order valence-electron chi connectivity index (χ2n) is 4.04. The number of hydrogen-bond donors (Lipinski definition) is 4. The molecule has 0 saturated carbocycles. The summed E-state index contributed by atoms with van der Waals surface area (Å²) in [5.41, 5.74) is 10.8. The van der Waals surface area contributed by atoms with Crippen molar-refractivity contribution in [3.63, 3.8) is 0 Å². The summed E-state index contributed by atoms with van der Waals surface area (Å²) in [5, 5.41) is 11.8. The summed E-state index contributed by atoms with van der Waals surface area (Å²) in [6.07, 6.45) is 6.02. The van der Waals surface area contributed by atoms with Crippen LogP contribution in [0, 0.1) is 0 Å². The highest BCUT2D eigenvalue weighted by Gasteiger charge is 2.09. The van der Waals surface area contributed by atoms with Crippen LogP contribution in [0.15, 0.2) is 0 Å². The standard InChI is InChI=1S/C11H25N3O2.3ClH/c12-7-3-1-2-4-8-14-9-5-6-10(13)11(15)16;;;/h10,14H,1-9,12-13H2,(H,15,16);3*1H/t10-;;;/m0.../s1. The fourth-order valence-electron chi connectivity index (χ4n) is 1.44. The van der Waals surface area contributed by atoms with Crippen molar-refractivity contribution in [3.05, 3.63) is 0 Å². The molecule has 1 atom stereocenters. The SMILES string of the molecule is Cl.Cl.Cl.NCCCCCCNCCC[C@H](N)C(=O)O. The zero-order valence-electron chi connectivity index (χ0n) is 11.2. The molecular formula is C11H28Cl3N3O2. The van der Waals surface area contributed by atoms with E-state index in [-0.39, 0.29) is 37.2 Å². The van der Waals surface area contributed by atoms with Crippen molar-refractivity contribution in [3.8, 4) is 0 Å². The summed E-state index contributed by atoms with van der Waals surface area (Å²) in [7, 11) is 0. The highest BCUT2D eigenvalue weighted by Crippen LogP contribution is 1.97. The number of nitrogens with two attached hydrogens (primary N) is 2. The Morgan fingerprint density at radius 3 is 2.05 bits per heavy atom. The fraction of sp³-hybridized carbons (Fsp3) is 0.909. The third-order valence-corrected chi connectivity index (χ3v) is 2.49. The highest BCUT2D eigenvalue weighted by atomic mass is 35.5. The van der Waals surface area contributed by atoms with Crippen LogP contribution in [0.4, 0.5) is 0 Å². The molecule has 5 nitrogen and oxygen atoms in total. The van der Waals surface area contributed by atoms with Crippen molar-refractivity contribution in [2.24, 2.45) is 11.5 Å². The van der Waals surface area contributed by atoms with Gasteiger partial charge in [-0.3, -0.25) is 4.79 Å². The van der Waals surface area contributed by atoms with Gasteiger partial charge in [0, 0.05) is 0 Å².